The highest BCUT2D eigenvalue weighted by molar-refractivity contribution is 5.77. The smallest absolute Gasteiger partial charge is 0.311 e. The Hall–Kier alpha value is -1.84. The van der Waals surface area contributed by atoms with Gasteiger partial charge in [-0.05, 0) is 97.3 Å². The van der Waals surface area contributed by atoms with Crippen LogP contribution in [0.15, 0.2) is 24.3 Å². The number of ether oxygens (including phenoxy) is 1. The van der Waals surface area contributed by atoms with Gasteiger partial charge >= 0.3 is 5.97 Å². The molecule has 1 saturated heterocycles. The third kappa shape index (κ3) is 4.21. The van der Waals surface area contributed by atoms with Crippen molar-refractivity contribution in [2.24, 2.45) is 34.5 Å². The van der Waals surface area contributed by atoms with Crippen LogP contribution in [0.3, 0.4) is 0 Å². The number of piperidine rings is 1. The van der Waals surface area contributed by atoms with Crippen LogP contribution in [0.25, 0.3) is 0 Å². The molecular formula is C32H47NO3. The van der Waals surface area contributed by atoms with E-state index in [0.29, 0.717) is 35.5 Å². The molecule has 1 heterocycles. The van der Waals surface area contributed by atoms with Gasteiger partial charge in [0.05, 0.1) is 0 Å². The molecule has 0 radical (unpaired) electrons. The molecule has 3 saturated carbocycles. The summed E-state index contributed by atoms with van der Waals surface area (Å²) >= 11 is 0. The number of rotatable bonds is 4. The van der Waals surface area contributed by atoms with Crippen molar-refractivity contribution in [3.05, 3.63) is 29.8 Å². The lowest BCUT2D eigenvalue weighted by Gasteiger charge is -2.62. The van der Waals surface area contributed by atoms with Gasteiger partial charge in [0.2, 0.25) is 5.91 Å². The Morgan fingerprint density at radius 1 is 1.00 bits per heavy atom. The summed E-state index contributed by atoms with van der Waals surface area (Å²) in [5, 5.41) is 0. The van der Waals surface area contributed by atoms with E-state index in [9.17, 15) is 9.59 Å². The van der Waals surface area contributed by atoms with Crippen molar-refractivity contribution in [2.45, 2.75) is 110 Å². The Morgan fingerprint density at radius 3 is 2.47 bits per heavy atom. The zero-order valence-electron chi connectivity index (χ0n) is 23.4. The maximum atomic E-state index is 12.9. The molecule has 4 heteroatoms. The molecule has 0 spiro atoms. The SMILES string of the molecule is CN1C(=O)CC[C@]2(C)[C@H]3CC[C@]4(C)[C@@H](CCC(=O)Oc5ccccc5C(C)(C)C)CC[C@H]4[C@@H]3CC[C@@H]12. The Morgan fingerprint density at radius 2 is 1.72 bits per heavy atom. The molecule has 0 bridgehead atoms. The number of carbonyl (C=O) groups excluding carboxylic acids is 2. The zero-order valence-corrected chi connectivity index (χ0v) is 23.4. The highest BCUT2D eigenvalue weighted by Gasteiger charge is 2.60. The molecule has 198 valence electrons. The molecule has 0 N–H and O–H groups in total. The monoisotopic (exact) mass is 493 g/mol. The largest absolute Gasteiger partial charge is 0.426 e. The number of benzene rings is 1. The van der Waals surface area contributed by atoms with Crippen molar-refractivity contribution in [1.29, 1.82) is 0 Å². The molecule has 3 aliphatic carbocycles. The molecule has 36 heavy (non-hydrogen) atoms. The normalized spacial score (nSPS) is 38.2. The van der Waals surface area contributed by atoms with E-state index < -0.39 is 0 Å². The molecule has 1 aromatic rings. The molecule has 5 rings (SSSR count). The fraction of sp³-hybridized carbons (Fsp3) is 0.750. The number of hydrogen-bond acceptors (Lipinski definition) is 3. The highest BCUT2D eigenvalue weighted by Crippen LogP contribution is 2.66. The van der Waals surface area contributed by atoms with Gasteiger partial charge in [-0.2, -0.15) is 0 Å². The summed E-state index contributed by atoms with van der Waals surface area (Å²) in [4.78, 5) is 27.5. The molecule has 0 unspecified atom stereocenters. The molecular weight excluding hydrogens is 446 g/mol. The van der Waals surface area contributed by atoms with Crippen LogP contribution in [0.5, 0.6) is 5.75 Å². The standard InChI is InChI=1S/C32H47NO3/c1-30(2,3)25-9-7-8-10-26(25)36-29(35)16-12-21-11-14-23-22-13-15-27-32(5,20-18-28(34)33(27)6)24(22)17-19-31(21,23)4/h7-10,21-24,27H,11-20H2,1-6H3/t21-,22+,23+,24+,27-,31-,32-/m1/s1. The second-order valence-corrected chi connectivity index (χ2v) is 14.1. The van der Waals surface area contributed by atoms with Crippen LogP contribution in [0.4, 0.5) is 0 Å². The summed E-state index contributed by atoms with van der Waals surface area (Å²) in [7, 11) is 2.04. The van der Waals surface area contributed by atoms with E-state index in [0.717, 1.165) is 49.0 Å². The maximum absolute atomic E-state index is 12.9. The minimum atomic E-state index is -0.0876. The first-order valence-corrected chi connectivity index (χ1v) is 14.5. The van der Waals surface area contributed by atoms with E-state index in [-0.39, 0.29) is 16.8 Å². The Balaban J connectivity index is 1.24. The number of fused-ring (bicyclic) bond motifs is 5. The lowest BCUT2D eigenvalue weighted by molar-refractivity contribution is -0.158. The van der Waals surface area contributed by atoms with Crippen LogP contribution < -0.4 is 4.74 Å². The fourth-order valence-corrected chi connectivity index (χ4v) is 9.37. The predicted octanol–water partition coefficient (Wildman–Crippen LogP) is 7.15. The molecule has 4 aliphatic rings. The number of carbonyl (C=O) groups is 2. The van der Waals surface area contributed by atoms with E-state index in [1.165, 1.54) is 32.1 Å². The quantitative estimate of drug-likeness (QED) is 0.330. The molecule has 4 fully saturated rings. The van der Waals surface area contributed by atoms with E-state index in [4.69, 9.17) is 4.74 Å². The topological polar surface area (TPSA) is 46.6 Å². The van der Waals surface area contributed by atoms with Crippen LogP contribution >= 0.6 is 0 Å². The summed E-state index contributed by atoms with van der Waals surface area (Å²) in [6, 6.07) is 8.39. The van der Waals surface area contributed by atoms with Gasteiger partial charge in [-0.15, -0.1) is 0 Å². The third-order valence-corrected chi connectivity index (χ3v) is 11.4. The Bertz CT molecular complexity index is 1010. The van der Waals surface area contributed by atoms with Gasteiger partial charge < -0.3 is 9.64 Å². The minimum Gasteiger partial charge on any atom is -0.426 e. The summed E-state index contributed by atoms with van der Waals surface area (Å²) in [6.45, 7) is 11.5. The highest BCUT2D eigenvalue weighted by atomic mass is 16.5. The van der Waals surface area contributed by atoms with Crippen molar-refractivity contribution in [3.63, 3.8) is 0 Å². The van der Waals surface area contributed by atoms with E-state index in [2.05, 4.69) is 45.6 Å². The van der Waals surface area contributed by atoms with E-state index >= 15 is 0 Å². The minimum absolute atomic E-state index is 0.0578. The Kier molecular flexibility index (Phi) is 6.57. The number of likely N-dealkylation sites (tertiary alicyclic amines) is 1. The average molecular weight is 494 g/mol. The van der Waals surface area contributed by atoms with Gasteiger partial charge in [-0.3, -0.25) is 9.59 Å². The first-order valence-electron chi connectivity index (χ1n) is 14.5. The predicted molar refractivity (Wildman–Crippen MR) is 144 cm³/mol. The molecule has 1 amide bonds. The number of esters is 1. The molecule has 7 atom stereocenters. The summed E-state index contributed by atoms with van der Waals surface area (Å²) < 4.78 is 5.91. The van der Waals surface area contributed by atoms with Crippen molar-refractivity contribution in [3.8, 4) is 5.75 Å². The van der Waals surface area contributed by atoms with Crippen LogP contribution in [0.2, 0.25) is 0 Å². The first-order chi connectivity index (χ1) is 16.9. The van der Waals surface area contributed by atoms with Crippen molar-refractivity contribution in [2.75, 3.05) is 7.05 Å². The van der Waals surface area contributed by atoms with Crippen LogP contribution in [0.1, 0.15) is 104 Å². The van der Waals surface area contributed by atoms with Crippen LogP contribution in [-0.2, 0) is 15.0 Å². The molecule has 0 aromatic heterocycles. The third-order valence-electron chi connectivity index (χ3n) is 11.4. The summed E-state index contributed by atoms with van der Waals surface area (Å²) in [5.41, 5.74) is 1.64. The van der Waals surface area contributed by atoms with Gasteiger partial charge in [0.15, 0.2) is 0 Å². The van der Waals surface area contributed by atoms with Crippen LogP contribution in [0, 0.1) is 34.5 Å². The maximum Gasteiger partial charge on any atom is 0.311 e. The van der Waals surface area contributed by atoms with E-state index in [1.807, 2.05) is 25.2 Å². The second kappa shape index (κ2) is 9.17. The van der Waals surface area contributed by atoms with Gasteiger partial charge in [-0.25, -0.2) is 0 Å². The average Bonchev–Trinajstić information content (AvgIpc) is 3.16. The van der Waals surface area contributed by atoms with Crippen molar-refractivity contribution < 1.29 is 14.3 Å². The molecule has 1 aromatic carbocycles. The number of hydrogen-bond donors (Lipinski definition) is 0. The lowest BCUT2D eigenvalue weighted by Crippen LogP contribution is -2.61. The van der Waals surface area contributed by atoms with Gasteiger partial charge in [0, 0.05) is 31.5 Å². The molecule has 1 aliphatic heterocycles. The van der Waals surface area contributed by atoms with Crippen LogP contribution in [-0.4, -0.2) is 29.9 Å². The number of amides is 1. The lowest BCUT2D eigenvalue weighted by atomic mass is 9.46. The van der Waals surface area contributed by atoms with Gasteiger partial charge in [0.1, 0.15) is 5.75 Å². The van der Waals surface area contributed by atoms with Gasteiger partial charge in [0.25, 0.3) is 0 Å². The van der Waals surface area contributed by atoms with Gasteiger partial charge in [-0.1, -0.05) is 52.8 Å². The number of nitrogens with zero attached hydrogens (tertiary/aromatic N) is 1. The van der Waals surface area contributed by atoms with Crippen molar-refractivity contribution in [1.82, 2.24) is 4.90 Å². The summed E-state index contributed by atoms with van der Waals surface area (Å²) in [5.74, 6) is 3.86. The number of para-hydroxylation sites is 1. The Labute approximate surface area is 218 Å². The zero-order chi connectivity index (χ0) is 25.9. The first kappa shape index (κ1) is 25.8. The van der Waals surface area contributed by atoms with E-state index in [1.54, 1.807) is 0 Å². The van der Waals surface area contributed by atoms with Crippen molar-refractivity contribution >= 4 is 11.9 Å². The second-order valence-electron chi connectivity index (χ2n) is 14.1. The molecule has 4 nitrogen and oxygen atoms in total. The fourth-order valence-electron chi connectivity index (χ4n) is 9.37. The summed E-state index contributed by atoms with van der Waals surface area (Å²) in [6.07, 6.45) is 10.8.